The fourth-order valence-corrected chi connectivity index (χ4v) is 2.68. The number of nitrogens with one attached hydrogen (secondary N) is 1. The fourth-order valence-electron chi connectivity index (χ4n) is 2.68. The van der Waals surface area contributed by atoms with Crippen LogP contribution in [0.5, 0.6) is 0 Å². The highest BCUT2D eigenvalue weighted by molar-refractivity contribution is 5.28. The molecular weight excluding hydrogens is 258 g/mol. The van der Waals surface area contributed by atoms with E-state index in [1.165, 1.54) is 11.1 Å². The average molecular weight is 291 g/mol. The van der Waals surface area contributed by atoms with E-state index in [4.69, 9.17) is 4.74 Å². The third kappa shape index (κ3) is 5.80. The zero-order chi connectivity index (χ0) is 15.9. The molecule has 2 atom stereocenters. The van der Waals surface area contributed by atoms with Crippen molar-refractivity contribution in [2.75, 3.05) is 13.7 Å². The second-order valence-corrected chi connectivity index (χ2v) is 6.89. The van der Waals surface area contributed by atoms with Crippen molar-refractivity contribution in [1.82, 2.24) is 5.32 Å². The van der Waals surface area contributed by atoms with Gasteiger partial charge in [0, 0.05) is 13.2 Å². The van der Waals surface area contributed by atoms with Gasteiger partial charge in [-0.2, -0.15) is 0 Å². The first kappa shape index (κ1) is 18.2. The standard InChI is InChI=1S/C19H33NO/c1-7-13-20-17(18(8-2)21-6)14-15-9-11-16(12-10-15)19(3,4)5/h9-12,17-18,20H,7-8,13-14H2,1-6H3. The van der Waals surface area contributed by atoms with Gasteiger partial charge in [-0.25, -0.2) is 0 Å². The summed E-state index contributed by atoms with van der Waals surface area (Å²) in [4.78, 5) is 0. The topological polar surface area (TPSA) is 21.3 Å². The van der Waals surface area contributed by atoms with Crippen LogP contribution in [0, 0.1) is 0 Å². The van der Waals surface area contributed by atoms with Gasteiger partial charge in [-0.05, 0) is 42.3 Å². The molecule has 0 saturated carbocycles. The van der Waals surface area contributed by atoms with E-state index in [9.17, 15) is 0 Å². The maximum absolute atomic E-state index is 5.65. The van der Waals surface area contributed by atoms with Crippen molar-refractivity contribution in [1.29, 1.82) is 0 Å². The molecule has 2 heteroatoms. The third-order valence-electron chi connectivity index (χ3n) is 4.09. The van der Waals surface area contributed by atoms with Gasteiger partial charge in [0.25, 0.3) is 0 Å². The Morgan fingerprint density at radius 1 is 1.10 bits per heavy atom. The summed E-state index contributed by atoms with van der Waals surface area (Å²) in [5, 5.41) is 3.64. The van der Waals surface area contributed by atoms with Gasteiger partial charge in [-0.1, -0.05) is 58.9 Å². The molecule has 1 N–H and O–H groups in total. The molecule has 0 spiro atoms. The molecule has 0 bridgehead atoms. The number of benzene rings is 1. The summed E-state index contributed by atoms with van der Waals surface area (Å²) in [6.07, 6.45) is 3.49. The first-order valence-electron chi connectivity index (χ1n) is 8.28. The molecule has 2 unspecified atom stereocenters. The Morgan fingerprint density at radius 3 is 2.14 bits per heavy atom. The molecule has 1 aromatic carbocycles. The van der Waals surface area contributed by atoms with Gasteiger partial charge >= 0.3 is 0 Å². The Bertz CT molecular complexity index is 387. The first-order valence-corrected chi connectivity index (χ1v) is 8.28. The Hall–Kier alpha value is -0.860. The molecular formula is C19H33NO. The van der Waals surface area contributed by atoms with E-state index < -0.39 is 0 Å². The zero-order valence-corrected chi connectivity index (χ0v) is 14.7. The molecule has 0 aliphatic heterocycles. The number of methoxy groups -OCH3 is 1. The lowest BCUT2D eigenvalue weighted by molar-refractivity contribution is 0.0653. The minimum absolute atomic E-state index is 0.219. The maximum atomic E-state index is 5.65. The summed E-state index contributed by atoms with van der Waals surface area (Å²) in [6.45, 7) is 12.2. The summed E-state index contributed by atoms with van der Waals surface area (Å²) in [6, 6.07) is 9.45. The van der Waals surface area contributed by atoms with E-state index in [1.54, 1.807) is 0 Å². The van der Waals surface area contributed by atoms with Crippen LogP contribution in [-0.4, -0.2) is 25.8 Å². The van der Waals surface area contributed by atoms with E-state index in [2.05, 4.69) is 64.2 Å². The van der Waals surface area contributed by atoms with Gasteiger partial charge < -0.3 is 10.1 Å². The third-order valence-corrected chi connectivity index (χ3v) is 4.09. The molecule has 0 saturated heterocycles. The van der Waals surface area contributed by atoms with Gasteiger partial charge in [-0.15, -0.1) is 0 Å². The molecule has 0 aromatic heterocycles. The van der Waals surface area contributed by atoms with E-state index >= 15 is 0 Å². The highest BCUT2D eigenvalue weighted by Gasteiger charge is 2.20. The lowest BCUT2D eigenvalue weighted by Gasteiger charge is -2.27. The van der Waals surface area contributed by atoms with E-state index in [1.807, 2.05) is 7.11 Å². The van der Waals surface area contributed by atoms with Gasteiger partial charge in [0.05, 0.1) is 6.10 Å². The van der Waals surface area contributed by atoms with Crippen LogP contribution in [0.25, 0.3) is 0 Å². The molecule has 0 aliphatic rings. The van der Waals surface area contributed by atoms with Crippen molar-refractivity contribution in [2.45, 2.75) is 71.4 Å². The van der Waals surface area contributed by atoms with Crippen LogP contribution < -0.4 is 5.32 Å². The number of rotatable bonds is 8. The number of hydrogen-bond donors (Lipinski definition) is 1. The molecule has 21 heavy (non-hydrogen) atoms. The van der Waals surface area contributed by atoms with E-state index in [0.717, 1.165) is 25.8 Å². The Labute approximate surface area is 131 Å². The van der Waals surface area contributed by atoms with Crippen molar-refractivity contribution in [3.8, 4) is 0 Å². The van der Waals surface area contributed by atoms with Crippen molar-refractivity contribution in [3.05, 3.63) is 35.4 Å². The Morgan fingerprint density at radius 2 is 1.71 bits per heavy atom. The predicted molar refractivity (Wildman–Crippen MR) is 92.0 cm³/mol. The minimum atomic E-state index is 0.219. The second-order valence-electron chi connectivity index (χ2n) is 6.89. The molecule has 1 rings (SSSR count). The quantitative estimate of drug-likeness (QED) is 0.770. The van der Waals surface area contributed by atoms with Crippen LogP contribution >= 0.6 is 0 Å². The second kappa shape index (κ2) is 8.55. The molecule has 120 valence electrons. The predicted octanol–water partition coefficient (Wildman–Crippen LogP) is 4.32. The highest BCUT2D eigenvalue weighted by Crippen LogP contribution is 2.23. The molecule has 1 aromatic rings. The van der Waals surface area contributed by atoms with Crippen LogP contribution in [0.3, 0.4) is 0 Å². The smallest absolute Gasteiger partial charge is 0.0724 e. The summed E-state index contributed by atoms with van der Waals surface area (Å²) in [5.41, 5.74) is 2.99. The summed E-state index contributed by atoms with van der Waals surface area (Å²) in [7, 11) is 1.82. The SMILES string of the molecule is CCCNC(Cc1ccc(C(C)(C)C)cc1)C(CC)OC. The van der Waals surface area contributed by atoms with Gasteiger partial charge in [-0.3, -0.25) is 0 Å². The van der Waals surface area contributed by atoms with Crippen molar-refractivity contribution in [2.24, 2.45) is 0 Å². The molecule has 0 fully saturated rings. The van der Waals surface area contributed by atoms with E-state index in [0.29, 0.717) is 6.04 Å². The summed E-state index contributed by atoms with van der Waals surface area (Å²) >= 11 is 0. The minimum Gasteiger partial charge on any atom is -0.380 e. The van der Waals surface area contributed by atoms with Crippen LogP contribution in [0.2, 0.25) is 0 Å². The Kier molecular flexibility index (Phi) is 7.41. The lowest BCUT2D eigenvalue weighted by atomic mass is 9.86. The van der Waals surface area contributed by atoms with Crippen LogP contribution in [0.15, 0.2) is 24.3 Å². The molecule has 2 nitrogen and oxygen atoms in total. The molecule has 0 heterocycles. The highest BCUT2D eigenvalue weighted by atomic mass is 16.5. The van der Waals surface area contributed by atoms with Crippen LogP contribution in [-0.2, 0) is 16.6 Å². The first-order chi connectivity index (χ1) is 9.92. The summed E-state index contributed by atoms with van der Waals surface area (Å²) < 4.78 is 5.65. The fraction of sp³-hybridized carbons (Fsp3) is 0.684. The summed E-state index contributed by atoms with van der Waals surface area (Å²) in [5.74, 6) is 0. The number of hydrogen-bond acceptors (Lipinski definition) is 2. The van der Waals surface area contributed by atoms with Gasteiger partial charge in [0.15, 0.2) is 0 Å². The molecule has 0 aliphatic carbocycles. The van der Waals surface area contributed by atoms with Crippen molar-refractivity contribution >= 4 is 0 Å². The van der Waals surface area contributed by atoms with Crippen molar-refractivity contribution in [3.63, 3.8) is 0 Å². The lowest BCUT2D eigenvalue weighted by Crippen LogP contribution is -2.42. The maximum Gasteiger partial charge on any atom is 0.0724 e. The normalized spacial score (nSPS) is 15.0. The van der Waals surface area contributed by atoms with Crippen LogP contribution in [0.1, 0.15) is 58.6 Å². The largest absolute Gasteiger partial charge is 0.380 e. The monoisotopic (exact) mass is 291 g/mol. The van der Waals surface area contributed by atoms with Crippen LogP contribution in [0.4, 0.5) is 0 Å². The Balaban J connectivity index is 2.78. The zero-order valence-electron chi connectivity index (χ0n) is 14.7. The van der Waals surface area contributed by atoms with Gasteiger partial charge in [0.1, 0.15) is 0 Å². The van der Waals surface area contributed by atoms with Gasteiger partial charge in [0.2, 0.25) is 0 Å². The van der Waals surface area contributed by atoms with E-state index in [-0.39, 0.29) is 11.5 Å². The number of ether oxygens (including phenoxy) is 1. The average Bonchev–Trinajstić information content (AvgIpc) is 2.45. The van der Waals surface area contributed by atoms with Crippen molar-refractivity contribution < 1.29 is 4.74 Å². The molecule has 0 radical (unpaired) electrons. The molecule has 0 amide bonds.